The highest BCUT2D eigenvalue weighted by Gasteiger charge is 2.16. The molecular formula is C14H16BrCl2N5O. The van der Waals surface area contributed by atoms with Crippen LogP contribution in [0.15, 0.2) is 27.3 Å². The van der Waals surface area contributed by atoms with Gasteiger partial charge in [0.25, 0.3) is 0 Å². The number of hydrogen-bond donors (Lipinski definition) is 3. The molecule has 0 aromatic carbocycles. The van der Waals surface area contributed by atoms with E-state index in [4.69, 9.17) is 16.0 Å². The van der Waals surface area contributed by atoms with E-state index < -0.39 is 0 Å². The number of likely N-dealkylation sites (N-methyl/N-ethyl adjacent to an activating group) is 1. The van der Waals surface area contributed by atoms with Gasteiger partial charge in [0.2, 0.25) is 5.28 Å². The van der Waals surface area contributed by atoms with Gasteiger partial charge in [0.1, 0.15) is 17.2 Å². The smallest absolute Gasteiger partial charge is 0.226 e. The fourth-order valence-electron chi connectivity index (χ4n) is 2.21. The lowest BCUT2D eigenvalue weighted by molar-refractivity contribution is 0.518. The van der Waals surface area contributed by atoms with Gasteiger partial charge in [-0.1, -0.05) is 0 Å². The van der Waals surface area contributed by atoms with Crippen LogP contribution >= 0.6 is 39.9 Å². The van der Waals surface area contributed by atoms with Crippen molar-refractivity contribution >= 4 is 56.8 Å². The maximum atomic E-state index is 6.02. The molecule has 3 aromatic rings. The molecule has 0 radical (unpaired) electrons. The molecule has 0 bridgehead atoms. The van der Waals surface area contributed by atoms with E-state index in [1.54, 1.807) is 6.26 Å². The first kappa shape index (κ1) is 18.1. The van der Waals surface area contributed by atoms with Crippen molar-refractivity contribution in [3.05, 3.63) is 39.6 Å². The molecular weight excluding hydrogens is 405 g/mol. The Balaban J connectivity index is 0.00000192. The number of anilines is 1. The predicted molar refractivity (Wildman–Crippen MR) is 97.5 cm³/mol. The maximum absolute atomic E-state index is 6.02. The van der Waals surface area contributed by atoms with Gasteiger partial charge in [0, 0.05) is 18.7 Å². The molecule has 0 aliphatic carbocycles. The second-order valence-corrected chi connectivity index (χ2v) is 5.90. The summed E-state index contributed by atoms with van der Waals surface area (Å²) in [5.41, 5.74) is 1.77. The van der Waals surface area contributed by atoms with E-state index >= 15 is 0 Å². The zero-order chi connectivity index (χ0) is 15.5. The van der Waals surface area contributed by atoms with Crippen molar-refractivity contribution in [3.63, 3.8) is 0 Å². The molecule has 6 nitrogen and oxygen atoms in total. The molecule has 9 heteroatoms. The highest BCUT2D eigenvalue weighted by atomic mass is 79.9. The molecule has 0 unspecified atom stereocenters. The number of halogens is 3. The average Bonchev–Trinajstić information content (AvgIpc) is 3.11. The molecule has 0 saturated carbocycles. The van der Waals surface area contributed by atoms with E-state index in [0.29, 0.717) is 18.0 Å². The molecule has 0 saturated heterocycles. The zero-order valence-corrected chi connectivity index (χ0v) is 15.5. The summed E-state index contributed by atoms with van der Waals surface area (Å²) in [4.78, 5) is 11.8. The molecule has 0 fully saturated rings. The standard InChI is InChI=1S/C14H15BrClN5O.ClH/c1-17-5-4-9-11(15)10-12(18-7-8-3-2-6-22-8)20-14(16)21-13(10)19-9;/h2-3,6,17H,4-5,7H2,1H3,(H2,18,19,20,21);1H. The summed E-state index contributed by atoms with van der Waals surface area (Å²) in [6.07, 6.45) is 2.49. The summed E-state index contributed by atoms with van der Waals surface area (Å²) in [6, 6.07) is 3.75. The van der Waals surface area contributed by atoms with Crippen molar-refractivity contribution in [1.29, 1.82) is 0 Å². The number of nitrogens with one attached hydrogen (secondary N) is 3. The van der Waals surface area contributed by atoms with Crippen LogP contribution in [0.5, 0.6) is 0 Å². The first-order valence-electron chi connectivity index (χ1n) is 6.83. The van der Waals surface area contributed by atoms with Gasteiger partial charge in [0.15, 0.2) is 0 Å². The lowest BCUT2D eigenvalue weighted by atomic mass is 10.3. The lowest BCUT2D eigenvalue weighted by Gasteiger charge is -2.06. The molecule has 0 aliphatic rings. The Kier molecular flexibility index (Phi) is 6.29. The van der Waals surface area contributed by atoms with Crippen LogP contribution in [0.4, 0.5) is 5.82 Å². The van der Waals surface area contributed by atoms with Gasteiger partial charge in [-0.2, -0.15) is 9.97 Å². The van der Waals surface area contributed by atoms with Gasteiger partial charge in [-0.05, 0) is 46.7 Å². The third-order valence-electron chi connectivity index (χ3n) is 3.27. The van der Waals surface area contributed by atoms with Crippen LogP contribution < -0.4 is 10.6 Å². The Morgan fingerprint density at radius 1 is 1.39 bits per heavy atom. The molecule has 3 heterocycles. The van der Waals surface area contributed by atoms with Gasteiger partial charge >= 0.3 is 0 Å². The largest absolute Gasteiger partial charge is 0.467 e. The summed E-state index contributed by atoms with van der Waals surface area (Å²) < 4.78 is 6.27. The monoisotopic (exact) mass is 419 g/mol. The normalized spacial score (nSPS) is 10.7. The van der Waals surface area contributed by atoms with Crippen molar-refractivity contribution in [2.45, 2.75) is 13.0 Å². The highest BCUT2D eigenvalue weighted by molar-refractivity contribution is 9.10. The lowest BCUT2D eigenvalue weighted by Crippen LogP contribution is -2.10. The van der Waals surface area contributed by atoms with E-state index in [2.05, 4.69) is 41.5 Å². The average molecular weight is 421 g/mol. The van der Waals surface area contributed by atoms with E-state index in [9.17, 15) is 0 Å². The number of rotatable bonds is 6. The number of hydrogen-bond acceptors (Lipinski definition) is 5. The topological polar surface area (TPSA) is 78.8 Å². The molecule has 0 spiro atoms. The molecule has 3 N–H and O–H groups in total. The Labute approximate surface area is 152 Å². The van der Waals surface area contributed by atoms with E-state index in [-0.39, 0.29) is 17.7 Å². The first-order valence-corrected chi connectivity index (χ1v) is 8.00. The quantitative estimate of drug-likeness (QED) is 0.529. The van der Waals surface area contributed by atoms with Crippen molar-refractivity contribution in [2.24, 2.45) is 0 Å². The highest BCUT2D eigenvalue weighted by Crippen LogP contribution is 2.33. The van der Waals surface area contributed by atoms with Gasteiger partial charge in [0.05, 0.1) is 22.7 Å². The van der Waals surface area contributed by atoms with E-state index in [0.717, 1.165) is 34.3 Å². The summed E-state index contributed by atoms with van der Waals surface area (Å²) in [6.45, 7) is 1.39. The van der Waals surface area contributed by atoms with Crippen molar-refractivity contribution in [1.82, 2.24) is 20.3 Å². The summed E-state index contributed by atoms with van der Waals surface area (Å²) >= 11 is 9.65. The minimum absolute atomic E-state index is 0. The predicted octanol–water partition coefficient (Wildman–Crippen LogP) is 3.76. The number of aromatic nitrogens is 3. The minimum atomic E-state index is 0. The molecule has 0 amide bonds. The van der Waals surface area contributed by atoms with Gasteiger partial charge < -0.3 is 20.0 Å². The Bertz CT molecular complexity index is 775. The fraction of sp³-hybridized carbons (Fsp3) is 0.286. The number of nitrogens with zero attached hydrogens (tertiary/aromatic N) is 2. The number of aromatic amines is 1. The van der Waals surface area contributed by atoms with Crippen LogP contribution in [-0.4, -0.2) is 28.5 Å². The summed E-state index contributed by atoms with van der Waals surface area (Å²) in [7, 11) is 1.92. The van der Waals surface area contributed by atoms with Crippen molar-refractivity contribution < 1.29 is 4.42 Å². The van der Waals surface area contributed by atoms with Gasteiger partial charge in [-0.15, -0.1) is 12.4 Å². The Morgan fingerprint density at radius 2 is 2.22 bits per heavy atom. The fourth-order valence-corrected chi connectivity index (χ4v) is 3.06. The van der Waals surface area contributed by atoms with E-state index in [1.165, 1.54) is 0 Å². The van der Waals surface area contributed by atoms with Crippen LogP contribution in [0.2, 0.25) is 5.28 Å². The molecule has 3 rings (SSSR count). The minimum Gasteiger partial charge on any atom is -0.467 e. The molecule has 0 atom stereocenters. The van der Waals surface area contributed by atoms with E-state index in [1.807, 2.05) is 19.2 Å². The maximum Gasteiger partial charge on any atom is 0.226 e. The first-order chi connectivity index (χ1) is 10.7. The SMILES string of the molecule is CNCCc1[nH]c2nc(Cl)nc(NCc3ccco3)c2c1Br.Cl. The molecule has 23 heavy (non-hydrogen) atoms. The Morgan fingerprint density at radius 3 is 2.91 bits per heavy atom. The van der Waals surface area contributed by atoms with Gasteiger partial charge in [-0.25, -0.2) is 0 Å². The second-order valence-electron chi connectivity index (χ2n) is 4.77. The third kappa shape index (κ3) is 3.98. The van der Waals surface area contributed by atoms with Crippen LogP contribution in [-0.2, 0) is 13.0 Å². The zero-order valence-electron chi connectivity index (χ0n) is 12.3. The summed E-state index contributed by atoms with van der Waals surface area (Å²) in [5.74, 6) is 1.50. The Hall–Kier alpha value is -1.28. The third-order valence-corrected chi connectivity index (χ3v) is 4.31. The number of furan rings is 1. The second kappa shape index (κ2) is 8.01. The van der Waals surface area contributed by atoms with Crippen LogP contribution in [0.25, 0.3) is 11.0 Å². The van der Waals surface area contributed by atoms with Crippen molar-refractivity contribution in [2.75, 3.05) is 18.9 Å². The number of fused-ring (bicyclic) bond motifs is 1. The van der Waals surface area contributed by atoms with Crippen LogP contribution in [0.1, 0.15) is 11.5 Å². The van der Waals surface area contributed by atoms with Crippen LogP contribution in [0, 0.1) is 0 Å². The van der Waals surface area contributed by atoms with Crippen LogP contribution in [0.3, 0.4) is 0 Å². The molecule has 3 aromatic heterocycles. The number of H-pyrrole nitrogens is 1. The summed E-state index contributed by atoms with van der Waals surface area (Å²) in [5, 5.41) is 7.46. The molecule has 124 valence electrons. The van der Waals surface area contributed by atoms with Gasteiger partial charge in [-0.3, -0.25) is 0 Å². The van der Waals surface area contributed by atoms with Crippen molar-refractivity contribution in [3.8, 4) is 0 Å². The molecule has 0 aliphatic heterocycles.